The Hall–Kier alpha value is -1.64. The highest BCUT2D eigenvalue weighted by atomic mass is 16.6. The number of carbonyl (C=O) groups excluding carboxylic acids is 2. The molecule has 1 heterocycles. The summed E-state index contributed by atoms with van der Waals surface area (Å²) in [6.45, 7) is 0. The molecular weight excluding hydrogens is 228 g/mol. The third-order valence-electron chi connectivity index (χ3n) is 4.98. The quantitative estimate of drug-likeness (QED) is 0.559. The van der Waals surface area contributed by atoms with Gasteiger partial charge in [0, 0.05) is 0 Å². The van der Waals surface area contributed by atoms with Gasteiger partial charge in [0.05, 0.1) is 11.8 Å². The van der Waals surface area contributed by atoms with Gasteiger partial charge in [0.15, 0.2) is 0 Å². The van der Waals surface area contributed by atoms with Crippen LogP contribution < -0.4 is 0 Å². The molecule has 1 saturated heterocycles. The molecule has 0 amide bonds. The number of hydrogen-bond donors (Lipinski definition) is 0. The molecule has 92 valence electrons. The SMILES string of the molecule is O=C1OC(=O)[C@@H]2[C@@H]3C[C@@H](C[C@@H]3c3ccccc3)[C@@H]12. The Balaban J connectivity index is 1.70. The maximum Gasteiger partial charge on any atom is 0.317 e. The number of ether oxygens (including phenoxy) is 1. The Labute approximate surface area is 105 Å². The van der Waals surface area contributed by atoms with Crippen molar-refractivity contribution in [2.45, 2.75) is 18.8 Å². The summed E-state index contributed by atoms with van der Waals surface area (Å²) < 4.78 is 4.82. The number of fused-ring (bicyclic) bond motifs is 5. The second-order valence-electron chi connectivity index (χ2n) is 5.70. The van der Waals surface area contributed by atoms with Crippen molar-refractivity contribution < 1.29 is 14.3 Å². The molecule has 2 bridgehead atoms. The first kappa shape index (κ1) is 10.3. The first-order valence-corrected chi connectivity index (χ1v) is 6.56. The molecule has 0 radical (unpaired) electrons. The van der Waals surface area contributed by atoms with Crippen LogP contribution in [-0.4, -0.2) is 11.9 Å². The number of cyclic esters (lactones) is 2. The molecule has 5 atom stereocenters. The Bertz CT molecular complexity index is 522. The van der Waals surface area contributed by atoms with Crippen LogP contribution in [0.2, 0.25) is 0 Å². The summed E-state index contributed by atoms with van der Waals surface area (Å²) in [5, 5.41) is 0. The molecule has 0 N–H and O–H groups in total. The lowest BCUT2D eigenvalue weighted by molar-refractivity contribution is -0.154. The molecule has 2 aliphatic carbocycles. The van der Waals surface area contributed by atoms with Crippen LogP contribution in [0.25, 0.3) is 0 Å². The summed E-state index contributed by atoms with van der Waals surface area (Å²) in [6.07, 6.45) is 2.04. The minimum Gasteiger partial charge on any atom is -0.393 e. The molecular formula is C15H14O3. The summed E-state index contributed by atoms with van der Waals surface area (Å²) in [5.41, 5.74) is 1.30. The van der Waals surface area contributed by atoms with Crippen LogP contribution >= 0.6 is 0 Å². The van der Waals surface area contributed by atoms with Crippen molar-refractivity contribution in [3.63, 3.8) is 0 Å². The van der Waals surface area contributed by atoms with Gasteiger partial charge in [-0.25, -0.2) is 0 Å². The molecule has 2 saturated carbocycles. The van der Waals surface area contributed by atoms with Crippen LogP contribution in [0.4, 0.5) is 0 Å². The largest absolute Gasteiger partial charge is 0.393 e. The van der Waals surface area contributed by atoms with Gasteiger partial charge >= 0.3 is 11.9 Å². The van der Waals surface area contributed by atoms with Crippen LogP contribution in [0.15, 0.2) is 30.3 Å². The maximum atomic E-state index is 11.8. The second-order valence-corrected chi connectivity index (χ2v) is 5.70. The zero-order valence-electron chi connectivity index (χ0n) is 9.91. The highest BCUT2D eigenvalue weighted by Gasteiger charge is 2.62. The van der Waals surface area contributed by atoms with Crippen LogP contribution in [-0.2, 0) is 14.3 Å². The van der Waals surface area contributed by atoms with Gasteiger partial charge in [0.25, 0.3) is 0 Å². The summed E-state index contributed by atoms with van der Waals surface area (Å²) in [6, 6.07) is 10.3. The number of esters is 2. The van der Waals surface area contributed by atoms with E-state index in [4.69, 9.17) is 4.74 Å². The lowest BCUT2D eigenvalue weighted by Crippen LogP contribution is -2.29. The van der Waals surface area contributed by atoms with Crippen LogP contribution in [0.5, 0.6) is 0 Å². The molecule has 3 nitrogen and oxygen atoms in total. The van der Waals surface area contributed by atoms with Crippen molar-refractivity contribution in [2.24, 2.45) is 23.7 Å². The summed E-state index contributed by atoms with van der Waals surface area (Å²) >= 11 is 0. The van der Waals surface area contributed by atoms with Gasteiger partial charge in [-0.15, -0.1) is 0 Å². The van der Waals surface area contributed by atoms with Crippen molar-refractivity contribution in [1.82, 2.24) is 0 Å². The predicted octanol–water partition coefficient (Wildman–Crippen LogP) is 2.13. The second kappa shape index (κ2) is 3.44. The Morgan fingerprint density at radius 1 is 0.944 bits per heavy atom. The monoisotopic (exact) mass is 242 g/mol. The van der Waals surface area contributed by atoms with E-state index in [0.717, 1.165) is 12.8 Å². The van der Waals surface area contributed by atoms with Crippen molar-refractivity contribution in [3.8, 4) is 0 Å². The van der Waals surface area contributed by atoms with Crippen molar-refractivity contribution in [2.75, 3.05) is 0 Å². The zero-order valence-corrected chi connectivity index (χ0v) is 9.91. The molecule has 0 spiro atoms. The van der Waals surface area contributed by atoms with Gasteiger partial charge in [-0.3, -0.25) is 9.59 Å². The standard InChI is InChI=1S/C15H14O3/c16-14-12-9-6-10(8-4-2-1-3-5-8)11(7-9)13(12)15(17)18-14/h1-5,9-13H,6-7H2/t9-,10-,11-,12-,13-/m1/s1. The normalized spacial score (nSPS) is 41.0. The fourth-order valence-corrected chi connectivity index (χ4v) is 4.34. The lowest BCUT2D eigenvalue weighted by atomic mass is 9.73. The average Bonchev–Trinajstić information content (AvgIpc) is 3.03. The summed E-state index contributed by atoms with van der Waals surface area (Å²) in [7, 11) is 0. The van der Waals surface area contributed by atoms with E-state index in [0.29, 0.717) is 17.8 Å². The molecule has 18 heavy (non-hydrogen) atoms. The van der Waals surface area contributed by atoms with E-state index in [-0.39, 0.29) is 23.8 Å². The molecule has 3 aliphatic rings. The minimum atomic E-state index is -0.280. The van der Waals surface area contributed by atoms with Crippen LogP contribution in [0.3, 0.4) is 0 Å². The van der Waals surface area contributed by atoms with Crippen LogP contribution in [0.1, 0.15) is 24.3 Å². The smallest absolute Gasteiger partial charge is 0.317 e. The highest BCUT2D eigenvalue weighted by molar-refractivity contribution is 5.97. The molecule has 0 aromatic heterocycles. The maximum absolute atomic E-state index is 11.8. The van der Waals surface area contributed by atoms with Crippen molar-refractivity contribution in [3.05, 3.63) is 35.9 Å². The first-order chi connectivity index (χ1) is 8.75. The van der Waals surface area contributed by atoms with Crippen molar-refractivity contribution >= 4 is 11.9 Å². The summed E-state index contributed by atoms with van der Waals surface area (Å²) in [4.78, 5) is 23.4. The first-order valence-electron chi connectivity index (χ1n) is 6.56. The van der Waals surface area contributed by atoms with E-state index >= 15 is 0 Å². The fourth-order valence-electron chi connectivity index (χ4n) is 4.34. The van der Waals surface area contributed by atoms with E-state index < -0.39 is 0 Å². The lowest BCUT2D eigenvalue weighted by Gasteiger charge is -2.27. The highest BCUT2D eigenvalue weighted by Crippen LogP contribution is 2.61. The molecule has 0 unspecified atom stereocenters. The van der Waals surface area contributed by atoms with E-state index in [2.05, 4.69) is 12.1 Å². The van der Waals surface area contributed by atoms with E-state index in [9.17, 15) is 9.59 Å². The van der Waals surface area contributed by atoms with Crippen molar-refractivity contribution in [1.29, 1.82) is 0 Å². The topological polar surface area (TPSA) is 43.4 Å². The number of carbonyl (C=O) groups is 2. The fraction of sp³-hybridized carbons (Fsp3) is 0.467. The van der Waals surface area contributed by atoms with Gasteiger partial charge in [-0.1, -0.05) is 30.3 Å². The average molecular weight is 242 g/mol. The molecule has 1 aliphatic heterocycles. The number of rotatable bonds is 1. The third-order valence-corrected chi connectivity index (χ3v) is 4.98. The number of benzene rings is 1. The summed E-state index contributed by atoms with van der Waals surface area (Å²) in [5.74, 6) is 0.229. The third kappa shape index (κ3) is 1.19. The van der Waals surface area contributed by atoms with Gasteiger partial charge < -0.3 is 4.74 Å². The zero-order chi connectivity index (χ0) is 12.3. The molecule has 3 fully saturated rings. The molecule has 4 rings (SSSR count). The van der Waals surface area contributed by atoms with E-state index in [1.165, 1.54) is 5.56 Å². The van der Waals surface area contributed by atoms with Gasteiger partial charge in [-0.2, -0.15) is 0 Å². The molecule has 1 aromatic rings. The Morgan fingerprint density at radius 3 is 2.44 bits per heavy atom. The minimum absolute atomic E-state index is 0.137. The Kier molecular flexibility index (Phi) is 1.97. The van der Waals surface area contributed by atoms with Gasteiger partial charge in [0.1, 0.15) is 0 Å². The van der Waals surface area contributed by atoms with E-state index in [1.807, 2.05) is 18.2 Å². The molecule has 1 aromatic carbocycles. The number of hydrogen-bond acceptors (Lipinski definition) is 3. The predicted molar refractivity (Wildman–Crippen MR) is 63.5 cm³/mol. The molecule has 3 heteroatoms. The van der Waals surface area contributed by atoms with Crippen LogP contribution in [0, 0.1) is 23.7 Å². The Morgan fingerprint density at radius 2 is 1.67 bits per heavy atom. The van der Waals surface area contributed by atoms with Gasteiger partial charge in [-0.05, 0) is 36.2 Å². The van der Waals surface area contributed by atoms with Gasteiger partial charge in [0.2, 0.25) is 0 Å². The van der Waals surface area contributed by atoms with E-state index in [1.54, 1.807) is 0 Å².